The van der Waals surface area contributed by atoms with Crippen LogP contribution in [0.4, 0.5) is 11.4 Å². The molecule has 6 heteroatoms. The van der Waals surface area contributed by atoms with E-state index in [1.54, 1.807) is 12.1 Å². The minimum atomic E-state index is -0.397. The number of nitrogens with zero attached hydrogens (tertiary/aromatic N) is 2. The molecule has 1 fully saturated rings. The van der Waals surface area contributed by atoms with Gasteiger partial charge in [-0.05, 0) is 26.0 Å². The number of hydrogen-bond donors (Lipinski definition) is 0. The van der Waals surface area contributed by atoms with Gasteiger partial charge in [0.15, 0.2) is 0 Å². The fraction of sp³-hybridized carbons (Fsp3) is 0.538. The predicted molar refractivity (Wildman–Crippen MR) is 74.9 cm³/mol. The summed E-state index contributed by atoms with van der Waals surface area (Å²) in [5, 5.41) is 10.9. The van der Waals surface area contributed by atoms with Crippen LogP contribution in [0.3, 0.4) is 0 Å². The van der Waals surface area contributed by atoms with Crippen LogP contribution in [0.5, 0.6) is 0 Å². The van der Waals surface area contributed by atoms with Crippen molar-refractivity contribution in [2.24, 2.45) is 0 Å². The molecule has 1 aliphatic rings. The molecule has 0 amide bonds. The van der Waals surface area contributed by atoms with Crippen molar-refractivity contribution < 1.29 is 9.66 Å². The van der Waals surface area contributed by atoms with Gasteiger partial charge in [0.2, 0.25) is 0 Å². The minimum absolute atomic E-state index is 0.0770. The summed E-state index contributed by atoms with van der Waals surface area (Å²) in [5.41, 5.74) is 1.59. The van der Waals surface area contributed by atoms with Crippen molar-refractivity contribution in [2.75, 3.05) is 18.0 Å². The highest BCUT2D eigenvalue weighted by molar-refractivity contribution is 6.17. The lowest BCUT2D eigenvalue weighted by Crippen LogP contribution is -2.45. The monoisotopic (exact) mass is 284 g/mol. The van der Waals surface area contributed by atoms with Crippen molar-refractivity contribution >= 4 is 23.0 Å². The van der Waals surface area contributed by atoms with E-state index in [1.165, 1.54) is 6.07 Å². The summed E-state index contributed by atoms with van der Waals surface area (Å²) in [7, 11) is 0. The van der Waals surface area contributed by atoms with Crippen molar-refractivity contribution in [3.8, 4) is 0 Å². The molecule has 0 aliphatic carbocycles. The third kappa shape index (κ3) is 3.16. The quantitative estimate of drug-likeness (QED) is 0.486. The van der Waals surface area contributed by atoms with Gasteiger partial charge < -0.3 is 9.64 Å². The maximum absolute atomic E-state index is 10.9. The summed E-state index contributed by atoms with van der Waals surface area (Å²) in [5.74, 6) is 0.138. The zero-order valence-corrected chi connectivity index (χ0v) is 11.8. The molecule has 0 saturated carbocycles. The van der Waals surface area contributed by atoms with E-state index in [9.17, 15) is 10.1 Å². The highest BCUT2D eigenvalue weighted by Crippen LogP contribution is 2.28. The number of rotatable bonds is 3. The van der Waals surface area contributed by atoms with E-state index < -0.39 is 4.92 Å². The van der Waals surface area contributed by atoms with Gasteiger partial charge in [0, 0.05) is 30.4 Å². The van der Waals surface area contributed by atoms with Crippen LogP contribution in [0, 0.1) is 10.1 Å². The number of anilines is 1. The molecule has 1 saturated heterocycles. The van der Waals surface area contributed by atoms with E-state index in [2.05, 4.69) is 4.90 Å². The highest BCUT2D eigenvalue weighted by Gasteiger charge is 2.23. The average molecular weight is 285 g/mol. The average Bonchev–Trinajstić information content (AvgIpc) is 2.36. The van der Waals surface area contributed by atoms with Gasteiger partial charge in [-0.15, -0.1) is 11.6 Å². The number of hydrogen-bond acceptors (Lipinski definition) is 4. The molecule has 1 aromatic carbocycles. The van der Waals surface area contributed by atoms with Gasteiger partial charge in [-0.3, -0.25) is 10.1 Å². The Morgan fingerprint density at radius 1 is 1.42 bits per heavy atom. The van der Waals surface area contributed by atoms with Crippen molar-refractivity contribution in [1.29, 1.82) is 0 Å². The summed E-state index contributed by atoms with van der Waals surface area (Å²) in [6.07, 6.45) is 0.303. The molecule has 2 atom stereocenters. The Morgan fingerprint density at radius 2 is 2.05 bits per heavy atom. The maximum Gasteiger partial charge on any atom is 0.273 e. The van der Waals surface area contributed by atoms with Crippen LogP contribution in [0.25, 0.3) is 0 Å². The number of nitro benzene ring substituents is 1. The SMILES string of the molecule is C[C@@H]1CN(c2ccc([N+](=O)[O-])c(CCl)c2)C[C@H](C)O1. The largest absolute Gasteiger partial charge is 0.372 e. The number of morpholine rings is 1. The Labute approximate surface area is 117 Å². The molecule has 0 bridgehead atoms. The van der Waals surface area contributed by atoms with E-state index in [1.807, 2.05) is 13.8 Å². The van der Waals surface area contributed by atoms with Crippen molar-refractivity contribution in [3.05, 3.63) is 33.9 Å². The minimum Gasteiger partial charge on any atom is -0.372 e. The van der Waals surface area contributed by atoms with E-state index in [-0.39, 0.29) is 23.8 Å². The number of halogens is 1. The highest BCUT2D eigenvalue weighted by atomic mass is 35.5. The molecule has 5 nitrogen and oxygen atoms in total. The Hall–Kier alpha value is -1.33. The standard InChI is InChI=1S/C13H17ClN2O3/c1-9-7-15(8-10(2)19-9)12-3-4-13(16(17)18)11(5-12)6-14/h3-5,9-10H,6-8H2,1-2H3/t9-,10+. The summed E-state index contributed by atoms with van der Waals surface area (Å²) >= 11 is 5.80. The van der Waals surface area contributed by atoms with Crippen LogP contribution in [0.2, 0.25) is 0 Å². The second-order valence-electron chi connectivity index (χ2n) is 4.87. The first-order valence-corrected chi connectivity index (χ1v) is 6.78. The molecule has 0 radical (unpaired) electrons. The van der Waals surface area contributed by atoms with Gasteiger partial charge in [-0.25, -0.2) is 0 Å². The smallest absolute Gasteiger partial charge is 0.273 e. The molecular formula is C13H17ClN2O3. The van der Waals surface area contributed by atoms with Crippen LogP contribution in [0.1, 0.15) is 19.4 Å². The fourth-order valence-corrected chi connectivity index (χ4v) is 2.66. The molecular weight excluding hydrogens is 268 g/mol. The van der Waals surface area contributed by atoms with Gasteiger partial charge in [0.1, 0.15) is 0 Å². The summed E-state index contributed by atoms with van der Waals surface area (Å²) in [6.45, 7) is 5.61. The van der Waals surface area contributed by atoms with Crippen LogP contribution < -0.4 is 4.90 Å². The number of alkyl halides is 1. The summed E-state index contributed by atoms with van der Waals surface area (Å²) in [6, 6.07) is 5.10. The van der Waals surface area contributed by atoms with Gasteiger partial charge in [0.05, 0.1) is 23.0 Å². The van der Waals surface area contributed by atoms with Crippen LogP contribution in [0.15, 0.2) is 18.2 Å². The molecule has 1 aromatic rings. The third-order valence-corrected chi connectivity index (χ3v) is 3.48. The van der Waals surface area contributed by atoms with Crippen molar-refractivity contribution in [2.45, 2.75) is 31.9 Å². The van der Waals surface area contributed by atoms with Gasteiger partial charge in [0.25, 0.3) is 5.69 Å². The number of ether oxygens (including phenoxy) is 1. The third-order valence-electron chi connectivity index (χ3n) is 3.19. The Kier molecular flexibility index (Phi) is 4.27. The molecule has 0 spiro atoms. The predicted octanol–water partition coefficient (Wildman–Crippen LogP) is 2.95. The summed E-state index contributed by atoms with van der Waals surface area (Å²) in [4.78, 5) is 12.7. The topological polar surface area (TPSA) is 55.6 Å². The number of nitro groups is 1. The first-order chi connectivity index (χ1) is 9.01. The Balaban J connectivity index is 2.27. The molecule has 0 unspecified atom stereocenters. The second-order valence-corrected chi connectivity index (χ2v) is 5.13. The first-order valence-electron chi connectivity index (χ1n) is 6.25. The van der Waals surface area contributed by atoms with Crippen LogP contribution in [-0.2, 0) is 10.6 Å². The fourth-order valence-electron chi connectivity index (χ4n) is 2.44. The first kappa shape index (κ1) is 14.1. The lowest BCUT2D eigenvalue weighted by atomic mass is 10.1. The van der Waals surface area contributed by atoms with Crippen molar-refractivity contribution in [1.82, 2.24) is 0 Å². The lowest BCUT2D eigenvalue weighted by molar-refractivity contribution is -0.385. The number of benzene rings is 1. The van der Waals surface area contributed by atoms with E-state index in [0.717, 1.165) is 18.8 Å². The van der Waals surface area contributed by atoms with Crippen molar-refractivity contribution in [3.63, 3.8) is 0 Å². The normalized spacial score (nSPS) is 23.4. The Morgan fingerprint density at radius 3 is 2.58 bits per heavy atom. The molecule has 1 aliphatic heterocycles. The van der Waals surface area contributed by atoms with Gasteiger partial charge >= 0.3 is 0 Å². The molecule has 1 heterocycles. The zero-order valence-electron chi connectivity index (χ0n) is 11.0. The molecule has 0 aromatic heterocycles. The molecule has 104 valence electrons. The van der Waals surface area contributed by atoms with Crippen LogP contribution >= 0.6 is 11.6 Å². The van der Waals surface area contributed by atoms with Gasteiger partial charge in [-0.1, -0.05) is 0 Å². The van der Waals surface area contributed by atoms with E-state index in [4.69, 9.17) is 16.3 Å². The van der Waals surface area contributed by atoms with E-state index >= 15 is 0 Å². The molecule has 0 N–H and O–H groups in total. The van der Waals surface area contributed by atoms with E-state index in [0.29, 0.717) is 5.56 Å². The summed E-state index contributed by atoms with van der Waals surface area (Å²) < 4.78 is 5.68. The maximum atomic E-state index is 10.9. The second kappa shape index (κ2) is 5.75. The molecule has 19 heavy (non-hydrogen) atoms. The Bertz CT molecular complexity index is 471. The lowest BCUT2D eigenvalue weighted by Gasteiger charge is -2.37. The molecule has 2 rings (SSSR count). The van der Waals surface area contributed by atoms with Gasteiger partial charge in [-0.2, -0.15) is 0 Å². The zero-order chi connectivity index (χ0) is 14.0. The van der Waals surface area contributed by atoms with Crippen LogP contribution in [-0.4, -0.2) is 30.2 Å².